The summed E-state index contributed by atoms with van der Waals surface area (Å²) < 4.78 is 52.1. The highest BCUT2D eigenvalue weighted by Crippen LogP contribution is 2.27. The average molecular weight is 235 g/mol. The zero-order valence-corrected chi connectivity index (χ0v) is 8.09. The first kappa shape index (κ1) is 12.5. The number of hydrogen-bond donors (Lipinski definition) is 1. The zero-order chi connectivity index (χ0) is 12.3. The molecule has 0 heterocycles. The number of ether oxygens (including phenoxy) is 1. The Kier molecular flexibility index (Phi) is 3.54. The van der Waals surface area contributed by atoms with Crippen LogP contribution in [-0.2, 0) is 0 Å². The molecule has 0 saturated heterocycles. The maximum absolute atomic E-state index is 13.2. The van der Waals surface area contributed by atoms with Crippen molar-refractivity contribution in [3.63, 3.8) is 0 Å². The molecule has 0 radical (unpaired) electrons. The van der Waals surface area contributed by atoms with Crippen LogP contribution >= 0.6 is 0 Å². The Morgan fingerprint density at radius 3 is 2.44 bits per heavy atom. The maximum Gasteiger partial charge on any atom is 0.573 e. The molecule has 88 valence electrons. The molecule has 0 bridgehead atoms. The van der Waals surface area contributed by atoms with Gasteiger partial charge in [0.1, 0.15) is 0 Å². The quantitative estimate of drug-likeness (QED) is 0.645. The molecule has 1 aromatic carbocycles. The molecule has 6 heteroatoms. The Morgan fingerprint density at radius 2 is 2.00 bits per heavy atom. The molecule has 0 saturated carbocycles. The monoisotopic (exact) mass is 235 g/mol. The Labute approximate surface area is 89.3 Å². The molecule has 16 heavy (non-hydrogen) atoms. The first-order chi connectivity index (χ1) is 7.33. The highest BCUT2D eigenvalue weighted by molar-refractivity contribution is 5.32. The van der Waals surface area contributed by atoms with Crippen molar-refractivity contribution in [1.82, 2.24) is 0 Å². The summed E-state index contributed by atoms with van der Waals surface area (Å²) in [7, 11) is 0. The fourth-order valence-electron chi connectivity index (χ4n) is 1.07. The molecule has 0 fully saturated rings. The molecule has 0 amide bonds. The van der Waals surface area contributed by atoms with Crippen molar-refractivity contribution in [2.45, 2.75) is 12.4 Å². The third-order valence-corrected chi connectivity index (χ3v) is 1.82. The first-order valence-corrected chi connectivity index (χ1v) is 4.27. The highest BCUT2D eigenvalue weighted by atomic mass is 19.4. The predicted molar refractivity (Wildman–Crippen MR) is 50.2 cm³/mol. The second-order valence-corrected chi connectivity index (χ2v) is 3.00. The lowest BCUT2D eigenvalue weighted by atomic mass is 10.1. The van der Waals surface area contributed by atoms with E-state index in [1.165, 1.54) is 12.1 Å². The SMILES string of the molecule is C=C[C@H](N)c1ccc(OC(F)(F)F)c(F)c1. The van der Waals surface area contributed by atoms with Crippen molar-refractivity contribution < 1.29 is 22.3 Å². The van der Waals surface area contributed by atoms with Gasteiger partial charge < -0.3 is 10.5 Å². The van der Waals surface area contributed by atoms with Crippen molar-refractivity contribution in [3.05, 3.63) is 42.2 Å². The van der Waals surface area contributed by atoms with Crippen molar-refractivity contribution >= 4 is 0 Å². The number of rotatable bonds is 3. The first-order valence-electron chi connectivity index (χ1n) is 4.27. The van der Waals surface area contributed by atoms with Crippen LogP contribution in [0, 0.1) is 5.82 Å². The summed E-state index contributed by atoms with van der Waals surface area (Å²) in [5.41, 5.74) is 5.81. The van der Waals surface area contributed by atoms with Crippen LogP contribution in [0.25, 0.3) is 0 Å². The number of hydrogen-bond acceptors (Lipinski definition) is 2. The Balaban J connectivity index is 2.96. The molecule has 0 aliphatic carbocycles. The highest BCUT2D eigenvalue weighted by Gasteiger charge is 2.32. The van der Waals surface area contributed by atoms with Gasteiger partial charge in [0.15, 0.2) is 11.6 Å². The van der Waals surface area contributed by atoms with E-state index < -0.39 is 24.0 Å². The minimum absolute atomic E-state index is 0.321. The van der Waals surface area contributed by atoms with E-state index in [1.807, 2.05) is 0 Å². The summed E-state index contributed by atoms with van der Waals surface area (Å²) in [6.07, 6.45) is -3.57. The van der Waals surface area contributed by atoms with Gasteiger partial charge in [0.2, 0.25) is 0 Å². The van der Waals surface area contributed by atoms with Gasteiger partial charge in [0, 0.05) is 6.04 Å². The summed E-state index contributed by atoms with van der Waals surface area (Å²) in [5.74, 6) is -2.00. The second-order valence-electron chi connectivity index (χ2n) is 3.00. The normalized spacial score (nSPS) is 13.3. The molecule has 0 aliphatic rings. The Hall–Kier alpha value is -1.56. The molecule has 0 aromatic heterocycles. The number of alkyl halides is 3. The Morgan fingerprint density at radius 1 is 1.38 bits per heavy atom. The van der Waals surface area contributed by atoms with Gasteiger partial charge in [-0.1, -0.05) is 12.1 Å². The zero-order valence-electron chi connectivity index (χ0n) is 8.09. The third-order valence-electron chi connectivity index (χ3n) is 1.82. The minimum atomic E-state index is -4.91. The number of nitrogens with two attached hydrogens (primary N) is 1. The van der Waals surface area contributed by atoms with Crippen molar-refractivity contribution in [2.24, 2.45) is 5.73 Å². The largest absolute Gasteiger partial charge is 0.573 e. The molecular weight excluding hydrogens is 226 g/mol. The van der Waals surface area contributed by atoms with Crippen LogP contribution in [0.5, 0.6) is 5.75 Å². The van der Waals surface area contributed by atoms with Gasteiger partial charge in [-0.25, -0.2) is 4.39 Å². The van der Waals surface area contributed by atoms with Gasteiger partial charge in [0.05, 0.1) is 0 Å². The van der Waals surface area contributed by atoms with Crippen LogP contribution in [0.3, 0.4) is 0 Å². The predicted octanol–water partition coefficient (Wildman–Crippen LogP) is 2.91. The minimum Gasteiger partial charge on any atom is -0.403 e. The van der Waals surface area contributed by atoms with Gasteiger partial charge in [-0.2, -0.15) is 0 Å². The lowest BCUT2D eigenvalue weighted by Crippen LogP contribution is -2.18. The van der Waals surface area contributed by atoms with E-state index in [2.05, 4.69) is 11.3 Å². The molecule has 2 nitrogen and oxygen atoms in total. The average Bonchev–Trinajstić information content (AvgIpc) is 2.18. The number of benzene rings is 1. The van der Waals surface area contributed by atoms with Crippen LogP contribution in [0.4, 0.5) is 17.6 Å². The van der Waals surface area contributed by atoms with Crippen LogP contribution in [0.2, 0.25) is 0 Å². The van der Waals surface area contributed by atoms with E-state index >= 15 is 0 Å². The van der Waals surface area contributed by atoms with E-state index in [9.17, 15) is 17.6 Å². The summed E-state index contributed by atoms with van der Waals surface area (Å²) in [4.78, 5) is 0. The van der Waals surface area contributed by atoms with Gasteiger partial charge in [0.25, 0.3) is 0 Å². The second kappa shape index (κ2) is 4.52. The van der Waals surface area contributed by atoms with Crippen molar-refractivity contribution in [1.29, 1.82) is 0 Å². The molecule has 1 atom stereocenters. The molecule has 0 spiro atoms. The smallest absolute Gasteiger partial charge is 0.403 e. The van der Waals surface area contributed by atoms with Crippen molar-refractivity contribution in [3.8, 4) is 5.75 Å². The maximum atomic E-state index is 13.2. The summed E-state index contributed by atoms with van der Waals surface area (Å²) in [6, 6.07) is 2.38. The summed E-state index contributed by atoms with van der Waals surface area (Å²) >= 11 is 0. The summed E-state index contributed by atoms with van der Waals surface area (Å²) in [5, 5.41) is 0. The standard InChI is InChI=1S/C10H9F4NO/c1-2-8(15)6-3-4-9(7(11)5-6)16-10(12,13)14/h2-5,8H,1,15H2/t8-/m0/s1. The molecular formula is C10H9F4NO. The molecule has 2 N–H and O–H groups in total. The van der Waals surface area contributed by atoms with E-state index in [0.29, 0.717) is 5.56 Å². The fourth-order valence-corrected chi connectivity index (χ4v) is 1.07. The molecule has 1 aromatic rings. The van der Waals surface area contributed by atoms with Gasteiger partial charge in [-0.05, 0) is 17.7 Å². The molecule has 0 unspecified atom stereocenters. The van der Waals surface area contributed by atoms with Crippen LogP contribution in [0.1, 0.15) is 11.6 Å². The van der Waals surface area contributed by atoms with E-state index in [1.54, 1.807) is 0 Å². The van der Waals surface area contributed by atoms with Gasteiger partial charge in [-0.3, -0.25) is 0 Å². The summed E-state index contributed by atoms with van der Waals surface area (Å²) in [6.45, 7) is 3.39. The van der Waals surface area contributed by atoms with E-state index in [0.717, 1.165) is 12.1 Å². The van der Waals surface area contributed by atoms with Crippen molar-refractivity contribution in [2.75, 3.05) is 0 Å². The van der Waals surface area contributed by atoms with Crippen LogP contribution in [0.15, 0.2) is 30.9 Å². The molecule has 0 aliphatic heterocycles. The van der Waals surface area contributed by atoms with Crippen LogP contribution < -0.4 is 10.5 Å². The van der Waals surface area contributed by atoms with E-state index in [-0.39, 0.29) is 0 Å². The third kappa shape index (κ3) is 3.23. The lowest BCUT2D eigenvalue weighted by Gasteiger charge is -2.12. The topological polar surface area (TPSA) is 35.2 Å². The van der Waals surface area contributed by atoms with Gasteiger partial charge in [-0.15, -0.1) is 19.8 Å². The lowest BCUT2D eigenvalue weighted by molar-refractivity contribution is -0.275. The molecule has 1 rings (SSSR count). The fraction of sp³-hybridized carbons (Fsp3) is 0.200. The number of halogens is 4. The Bertz CT molecular complexity index is 389. The van der Waals surface area contributed by atoms with E-state index in [4.69, 9.17) is 5.73 Å². The van der Waals surface area contributed by atoms with Crippen LogP contribution in [-0.4, -0.2) is 6.36 Å². The van der Waals surface area contributed by atoms with Gasteiger partial charge >= 0.3 is 6.36 Å².